The highest BCUT2D eigenvalue weighted by Gasteiger charge is 2.17. The third kappa shape index (κ3) is 3.42. The number of carbonyl (C=O) groups excluding carboxylic acids is 1. The van der Waals surface area contributed by atoms with E-state index in [9.17, 15) is 14.3 Å². The van der Waals surface area contributed by atoms with Crippen LogP contribution in [0.4, 0.5) is 10.2 Å². The predicted molar refractivity (Wildman–Crippen MR) is 108 cm³/mol. The summed E-state index contributed by atoms with van der Waals surface area (Å²) in [5.74, 6) is -0.246. The SMILES string of the molecule is CCC[C@@H](O)c1cc(C)c(-c2cc3cnc(NC=O)cc3n3cc(F)nc23)cn1. The molecule has 2 N–H and O–H groups in total. The van der Waals surface area contributed by atoms with Crippen molar-refractivity contribution in [2.75, 3.05) is 5.32 Å². The fraction of sp³-hybridized carbons (Fsp3) is 0.238. The van der Waals surface area contributed by atoms with Crippen LogP contribution in [0.25, 0.3) is 27.7 Å². The lowest BCUT2D eigenvalue weighted by Crippen LogP contribution is -2.02. The minimum absolute atomic E-state index is 0.364. The molecule has 0 spiro atoms. The molecule has 0 saturated heterocycles. The predicted octanol–water partition coefficient (Wildman–Crippen LogP) is 3.79. The summed E-state index contributed by atoms with van der Waals surface area (Å²) in [5, 5.41) is 13.5. The number of aliphatic hydroxyl groups excluding tert-OH is 1. The molecule has 1 atom stereocenters. The molecular formula is C21H20FN5O2. The molecule has 0 radical (unpaired) electrons. The van der Waals surface area contributed by atoms with Crippen LogP contribution < -0.4 is 5.32 Å². The van der Waals surface area contributed by atoms with Crippen molar-refractivity contribution in [3.63, 3.8) is 0 Å². The van der Waals surface area contributed by atoms with E-state index >= 15 is 0 Å². The molecule has 0 fully saturated rings. The second kappa shape index (κ2) is 7.56. The van der Waals surface area contributed by atoms with Crippen molar-refractivity contribution in [1.82, 2.24) is 19.4 Å². The van der Waals surface area contributed by atoms with Gasteiger partial charge < -0.3 is 10.4 Å². The number of pyridine rings is 3. The zero-order chi connectivity index (χ0) is 20.5. The average molecular weight is 393 g/mol. The fourth-order valence-corrected chi connectivity index (χ4v) is 3.52. The Labute approximate surface area is 166 Å². The van der Waals surface area contributed by atoms with Gasteiger partial charge in [0.2, 0.25) is 12.4 Å². The van der Waals surface area contributed by atoms with Gasteiger partial charge in [-0.1, -0.05) is 13.3 Å². The van der Waals surface area contributed by atoms with Crippen molar-refractivity contribution < 1.29 is 14.3 Å². The number of imidazole rings is 1. The van der Waals surface area contributed by atoms with E-state index in [1.54, 1.807) is 22.9 Å². The number of carbonyl (C=O) groups is 1. The van der Waals surface area contributed by atoms with E-state index in [2.05, 4.69) is 20.3 Å². The van der Waals surface area contributed by atoms with Crippen LogP contribution in [0.1, 0.15) is 37.1 Å². The number of anilines is 1. The van der Waals surface area contributed by atoms with Crippen LogP contribution in [0, 0.1) is 12.9 Å². The molecule has 29 heavy (non-hydrogen) atoms. The topological polar surface area (TPSA) is 92.4 Å². The van der Waals surface area contributed by atoms with E-state index in [1.165, 1.54) is 6.20 Å². The van der Waals surface area contributed by atoms with Gasteiger partial charge in [-0.15, -0.1) is 0 Å². The lowest BCUT2D eigenvalue weighted by molar-refractivity contribution is -0.105. The first-order valence-electron chi connectivity index (χ1n) is 9.34. The maximum absolute atomic E-state index is 14.1. The van der Waals surface area contributed by atoms with Crippen LogP contribution in [-0.2, 0) is 4.79 Å². The van der Waals surface area contributed by atoms with Gasteiger partial charge in [0.1, 0.15) is 11.5 Å². The Hall–Kier alpha value is -3.39. The Morgan fingerprint density at radius 1 is 1.24 bits per heavy atom. The van der Waals surface area contributed by atoms with Crippen molar-refractivity contribution in [2.24, 2.45) is 0 Å². The molecule has 0 aliphatic heterocycles. The highest BCUT2D eigenvalue weighted by molar-refractivity contribution is 5.93. The number of nitrogens with one attached hydrogen (secondary N) is 1. The number of fused-ring (bicyclic) bond motifs is 3. The number of nitrogens with zero attached hydrogens (tertiary/aromatic N) is 4. The summed E-state index contributed by atoms with van der Waals surface area (Å²) in [6.07, 6.45) is 6.03. The van der Waals surface area contributed by atoms with Crippen LogP contribution in [0.15, 0.2) is 36.8 Å². The lowest BCUT2D eigenvalue weighted by Gasteiger charge is -2.14. The van der Waals surface area contributed by atoms with Crippen LogP contribution in [0.3, 0.4) is 0 Å². The monoisotopic (exact) mass is 393 g/mol. The van der Waals surface area contributed by atoms with Gasteiger partial charge in [0, 0.05) is 35.0 Å². The van der Waals surface area contributed by atoms with E-state index < -0.39 is 12.1 Å². The molecular weight excluding hydrogens is 373 g/mol. The molecule has 7 nitrogen and oxygen atoms in total. The molecule has 4 rings (SSSR count). The molecule has 4 heterocycles. The van der Waals surface area contributed by atoms with E-state index in [-0.39, 0.29) is 0 Å². The number of hydrogen-bond donors (Lipinski definition) is 2. The van der Waals surface area contributed by atoms with E-state index in [1.807, 2.05) is 26.0 Å². The quantitative estimate of drug-likeness (QED) is 0.486. The first-order chi connectivity index (χ1) is 14.0. The molecule has 4 aromatic rings. The lowest BCUT2D eigenvalue weighted by atomic mass is 10.00. The second-order valence-electron chi connectivity index (χ2n) is 6.93. The second-order valence-corrected chi connectivity index (χ2v) is 6.93. The first kappa shape index (κ1) is 18.9. The third-order valence-corrected chi connectivity index (χ3v) is 4.92. The van der Waals surface area contributed by atoms with Crippen LogP contribution in [0.2, 0.25) is 0 Å². The van der Waals surface area contributed by atoms with Gasteiger partial charge in [-0.2, -0.15) is 9.37 Å². The van der Waals surface area contributed by atoms with Gasteiger partial charge in [0.05, 0.1) is 23.5 Å². The summed E-state index contributed by atoms with van der Waals surface area (Å²) >= 11 is 0. The Morgan fingerprint density at radius 2 is 2.07 bits per heavy atom. The largest absolute Gasteiger partial charge is 0.387 e. The molecule has 4 aromatic heterocycles. The summed E-state index contributed by atoms with van der Waals surface area (Å²) in [6.45, 7) is 3.93. The molecule has 0 aliphatic rings. The van der Waals surface area contributed by atoms with Crippen molar-refractivity contribution in [3.05, 3.63) is 54.0 Å². The van der Waals surface area contributed by atoms with E-state index in [0.29, 0.717) is 41.1 Å². The number of aromatic nitrogens is 4. The summed E-state index contributed by atoms with van der Waals surface area (Å²) in [7, 11) is 0. The average Bonchev–Trinajstić information content (AvgIpc) is 3.10. The van der Waals surface area contributed by atoms with Crippen molar-refractivity contribution in [1.29, 1.82) is 0 Å². The molecule has 0 unspecified atom stereocenters. The zero-order valence-corrected chi connectivity index (χ0v) is 16.1. The van der Waals surface area contributed by atoms with Gasteiger partial charge in [-0.3, -0.25) is 14.2 Å². The summed E-state index contributed by atoms with van der Waals surface area (Å²) in [6, 6.07) is 5.39. The Morgan fingerprint density at radius 3 is 2.79 bits per heavy atom. The van der Waals surface area contributed by atoms with Crippen molar-refractivity contribution >= 4 is 28.8 Å². The number of rotatable bonds is 6. The molecule has 0 aromatic carbocycles. The molecule has 1 amide bonds. The Kier molecular flexibility index (Phi) is 4.94. The number of hydrogen-bond acceptors (Lipinski definition) is 5. The van der Waals surface area contributed by atoms with Gasteiger partial charge >= 0.3 is 0 Å². The van der Waals surface area contributed by atoms with Crippen molar-refractivity contribution in [3.8, 4) is 11.1 Å². The molecule has 148 valence electrons. The number of aliphatic hydroxyl groups is 1. The van der Waals surface area contributed by atoms with Crippen molar-refractivity contribution in [2.45, 2.75) is 32.8 Å². The summed E-state index contributed by atoms with van der Waals surface area (Å²) < 4.78 is 15.7. The number of amides is 1. The third-order valence-electron chi connectivity index (χ3n) is 4.92. The van der Waals surface area contributed by atoms with Crippen LogP contribution in [-0.4, -0.2) is 30.9 Å². The molecule has 0 saturated carbocycles. The summed E-state index contributed by atoms with van der Waals surface area (Å²) in [5.41, 5.74) is 4.13. The highest BCUT2D eigenvalue weighted by Crippen LogP contribution is 2.32. The smallest absolute Gasteiger partial charge is 0.231 e. The minimum atomic E-state index is -0.610. The first-order valence-corrected chi connectivity index (χ1v) is 9.34. The van der Waals surface area contributed by atoms with E-state index in [4.69, 9.17) is 0 Å². The molecule has 0 aliphatic carbocycles. The van der Waals surface area contributed by atoms with Gasteiger partial charge in [0.25, 0.3) is 0 Å². The summed E-state index contributed by atoms with van der Waals surface area (Å²) in [4.78, 5) is 23.4. The van der Waals surface area contributed by atoms with Crippen LogP contribution in [0.5, 0.6) is 0 Å². The molecule has 0 bridgehead atoms. The van der Waals surface area contributed by atoms with Gasteiger partial charge in [-0.05, 0) is 31.0 Å². The van der Waals surface area contributed by atoms with E-state index in [0.717, 1.165) is 22.9 Å². The minimum Gasteiger partial charge on any atom is -0.387 e. The molecule has 8 heteroatoms. The maximum Gasteiger partial charge on any atom is 0.231 e. The standard InChI is InChI=1S/C21H20FN5O2/c1-3-4-18(29)16-5-12(2)15(9-23-16)14-6-13-8-24-20(25-11-28)7-17(13)27-10-19(22)26-21(14)27/h5-11,18,29H,3-4H2,1-2H3,(H,24,25,28)/t18-/m1/s1. The number of aryl methyl sites for hydroxylation is 1. The fourth-order valence-electron chi connectivity index (χ4n) is 3.52. The Balaban J connectivity index is 1.91. The highest BCUT2D eigenvalue weighted by atomic mass is 19.1. The van der Waals surface area contributed by atoms with Crippen LogP contribution >= 0.6 is 0 Å². The van der Waals surface area contributed by atoms with Gasteiger partial charge in [-0.25, -0.2) is 4.98 Å². The Bertz CT molecular complexity index is 1220. The van der Waals surface area contributed by atoms with Gasteiger partial charge in [0.15, 0.2) is 0 Å². The zero-order valence-electron chi connectivity index (χ0n) is 16.1. The number of halogens is 1. The normalized spacial score (nSPS) is 12.4. The maximum atomic E-state index is 14.1.